The Kier molecular flexibility index (Phi) is 4.14. The summed E-state index contributed by atoms with van der Waals surface area (Å²) < 4.78 is 0. The van der Waals surface area contributed by atoms with Crippen LogP contribution in [0.2, 0.25) is 0 Å². The van der Waals surface area contributed by atoms with Gasteiger partial charge in [0.1, 0.15) is 0 Å². The lowest BCUT2D eigenvalue weighted by Gasteiger charge is -2.36. The van der Waals surface area contributed by atoms with Gasteiger partial charge < -0.3 is 15.5 Å². The molecule has 2 N–H and O–H groups in total. The average Bonchev–Trinajstić information content (AvgIpc) is 2.38. The van der Waals surface area contributed by atoms with E-state index in [0.717, 1.165) is 30.4 Å². The van der Waals surface area contributed by atoms with Gasteiger partial charge in [0, 0.05) is 31.4 Å². The molecule has 0 spiro atoms. The predicted molar refractivity (Wildman–Crippen MR) is 73.6 cm³/mol. The second-order valence-electron chi connectivity index (χ2n) is 5.21. The van der Waals surface area contributed by atoms with Crippen molar-refractivity contribution in [2.24, 2.45) is 5.73 Å². The number of piperidine rings is 1. The van der Waals surface area contributed by atoms with E-state index in [9.17, 15) is 0 Å². The number of aromatic nitrogens is 2. The van der Waals surface area contributed by atoms with Crippen LogP contribution in [0.3, 0.4) is 0 Å². The highest BCUT2D eigenvalue weighted by atomic mass is 15.3. The minimum atomic E-state index is 0.474. The Balaban J connectivity index is 2.17. The molecule has 1 atom stereocenters. The van der Waals surface area contributed by atoms with E-state index >= 15 is 0 Å². The number of aryl methyl sites for hydroxylation is 1. The molecule has 2 rings (SSSR count). The van der Waals surface area contributed by atoms with Crippen molar-refractivity contribution in [2.45, 2.75) is 32.4 Å². The molecule has 0 bridgehead atoms. The first-order valence-electron chi connectivity index (χ1n) is 6.56. The molecule has 1 aromatic heterocycles. The molecule has 0 amide bonds. The normalized spacial score (nSPS) is 20.5. The molecular weight excluding hydrogens is 226 g/mol. The fourth-order valence-corrected chi connectivity index (χ4v) is 2.42. The Hall–Kier alpha value is -1.20. The third-order valence-electron chi connectivity index (χ3n) is 3.51. The number of hydrogen-bond acceptors (Lipinski definition) is 5. The summed E-state index contributed by atoms with van der Waals surface area (Å²) in [6.45, 7) is 4.51. The first-order valence-corrected chi connectivity index (χ1v) is 6.56. The molecular formula is C13H23N5. The molecule has 1 unspecified atom stereocenters. The molecule has 100 valence electrons. The molecule has 0 aromatic carbocycles. The maximum atomic E-state index is 5.68. The van der Waals surface area contributed by atoms with E-state index in [1.165, 1.54) is 12.8 Å². The average molecular weight is 249 g/mol. The van der Waals surface area contributed by atoms with Crippen LogP contribution in [0, 0.1) is 6.92 Å². The summed E-state index contributed by atoms with van der Waals surface area (Å²) in [7, 11) is 4.27. The minimum Gasteiger partial charge on any atom is -0.339 e. The Morgan fingerprint density at radius 2 is 2.22 bits per heavy atom. The van der Waals surface area contributed by atoms with Crippen LogP contribution in [-0.2, 0) is 6.54 Å². The number of rotatable bonds is 3. The van der Waals surface area contributed by atoms with Crippen LogP contribution >= 0.6 is 0 Å². The van der Waals surface area contributed by atoms with Crippen LogP contribution in [0.4, 0.5) is 5.95 Å². The first-order chi connectivity index (χ1) is 8.60. The molecule has 1 aliphatic rings. The fourth-order valence-electron chi connectivity index (χ4n) is 2.42. The standard InChI is InChI=1S/C13H23N5/c1-10-7-11(8-14)16-13(15-10)18-6-4-5-12(9-18)17(2)3/h7,12H,4-6,8-9,14H2,1-3H3. The van der Waals surface area contributed by atoms with E-state index in [2.05, 4.69) is 33.9 Å². The van der Waals surface area contributed by atoms with E-state index < -0.39 is 0 Å². The third-order valence-corrected chi connectivity index (χ3v) is 3.51. The topological polar surface area (TPSA) is 58.3 Å². The minimum absolute atomic E-state index is 0.474. The number of nitrogens with zero attached hydrogens (tertiary/aromatic N) is 4. The maximum Gasteiger partial charge on any atom is 0.225 e. The van der Waals surface area contributed by atoms with Crippen molar-refractivity contribution in [1.29, 1.82) is 0 Å². The first kappa shape index (κ1) is 13.2. The van der Waals surface area contributed by atoms with Crippen molar-refractivity contribution in [3.63, 3.8) is 0 Å². The van der Waals surface area contributed by atoms with Gasteiger partial charge in [0.2, 0.25) is 5.95 Å². The van der Waals surface area contributed by atoms with Gasteiger partial charge in [-0.2, -0.15) is 0 Å². The van der Waals surface area contributed by atoms with E-state index in [-0.39, 0.29) is 0 Å². The third kappa shape index (κ3) is 2.97. The van der Waals surface area contributed by atoms with Gasteiger partial charge in [0.25, 0.3) is 0 Å². The lowest BCUT2D eigenvalue weighted by molar-refractivity contribution is 0.257. The van der Waals surface area contributed by atoms with Crippen LogP contribution in [0.15, 0.2) is 6.07 Å². The number of likely N-dealkylation sites (N-methyl/N-ethyl adjacent to an activating group) is 1. The van der Waals surface area contributed by atoms with E-state index in [0.29, 0.717) is 12.6 Å². The fraction of sp³-hybridized carbons (Fsp3) is 0.692. The van der Waals surface area contributed by atoms with Gasteiger partial charge in [-0.25, -0.2) is 9.97 Å². The van der Waals surface area contributed by atoms with Crippen LogP contribution in [-0.4, -0.2) is 48.1 Å². The van der Waals surface area contributed by atoms with Crippen LogP contribution in [0.5, 0.6) is 0 Å². The van der Waals surface area contributed by atoms with Gasteiger partial charge in [-0.3, -0.25) is 0 Å². The highest BCUT2D eigenvalue weighted by molar-refractivity contribution is 5.33. The van der Waals surface area contributed by atoms with E-state index in [4.69, 9.17) is 5.73 Å². The highest BCUT2D eigenvalue weighted by Gasteiger charge is 2.23. The lowest BCUT2D eigenvalue weighted by atomic mass is 10.1. The van der Waals surface area contributed by atoms with Crippen LogP contribution < -0.4 is 10.6 Å². The van der Waals surface area contributed by atoms with E-state index in [1.807, 2.05) is 13.0 Å². The Bertz CT molecular complexity index is 404. The van der Waals surface area contributed by atoms with Crippen molar-refractivity contribution in [3.8, 4) is 0 Å². The van der Waals surface area contributed by atoms with Gasteiger partial charge in [-0.15, -0.1) is 0 Å². The summed E-state index contributed by atoms with van der Waals surface area (Å²) in [6.07, 6.45) is 2.44. The monoisotopic (exact) mass is 249 g/mol. The Morgan fingerprint density at radius 1 is 1.44 bits per heavy atom. The zero-order chi connectivity index (χ0) is 13.1. The van der Waals surface area contributed by atoms with Crippen LogP contribution in [0.1, 0.15) is 24.2 Å². The summed E-state index contributed by atoms with van der Waals surface area (Å²) >= 11 is 0. The maximum absolute atomic E-state index is 5.68. The lowest BCUT2D eigenvalue weighted by Crippen LogP contribution is -2.45. The number of nitrogens with two attached hydrogens (primary N) is 1. The molecule has 0 radical (unpaired) electrons. The van der Waals surface area contributed by atoms with Crippen molar-refractivity contribution in [3.05, 3.63) is 17.5 Å². The summed E-state index contributed by atoms with van der Waals surface area (Å²) in [6, 6.07) is 2.54. The zero-order valence-corrected chi connectivity index (χ0v) is 11.6. The number of anilines is 1. The molecule has 1 aliphatic heterocycles. The summed E-state index contributed by atoms with van der Waals surface area (Å²) in [5.41, 5.74) is 7.59. The highest BCUT2D eigenvalue weighted by Crippen LogP contribution is 2.19. The molecule has 1 aromatic rings. The SMILES string of the molecule is Cc1cc(CN)nc(N2CCCC(N(C)C)C2)n1. The molecule has 0 aliphatic carbocycles. The summed E-state index contributed by atoms with van der Waals surface area (Å²) in [4.78, 5) is 13.6. The Labute approximate surface area is 109 Å². The van der Waals surface area contributed by atoms with Crippen LogP contribution in [0.25, 0.3) is 0 Å². The second-order valence-corrected chi connectivity index (χ2v) is 5.21. The van der Waals surface area contributed by atoms with Gasteiger partial charge in [-0.05, 0) is 39.9 Å². The zero-order valence-electron chi connectivity index (χ0n) is 11.6. The van der Waals surface area contributed by atoms with Crippen molar-refractivity contribution in [2.75, 3.05) is 32.1 Å². The second kappa shape index (κ2) is 5.63. The molecule has 1 fully saturated rings. The summed E-state index contributed by atoms with van der Waals surface area (Å²) in [5.74, 6) is 0.835. The predicted octanol–water partition coefficient (Wildman–Crippen LogP) is 0.774. The quantitative estimate of drug-likeness (QED) is 0.857. The van der Waals surface area contributed by atoms with E-state index in [1.54, 1.807) is 0 Å². The van der Waals surface area contributed by atoms with Gasteiger partial charge in [0.05, 0.1) is 5.69 Å². The molecule has 1 saturated heterocycles. The van der Waals surface area contributed by atoms with Crippen molar-refractivity contribution < 1.29 is 0 Å². The molecule has 0 saturated carbocycles. The van der Waals surface area contributed by atoms with Gasteiger partial charge >= 0.3 is 0 Å². The molecule has 2 heterocycles. The molecule has 5 heteroatoms. The Morgan fingerprint density at radius 3 is 2.89 bits per heavy atom. The largest absolute Gasteiger partial charge is 0.339 e. The molecule has 18 heavy (non-hydrogen) atoms. The summed E-state index contributed by atoms with van der Waals surface area (Å²) in [5, 5.41) is 0. The van der Waals surface area contributed by atoms with Crippen molar-refractivity contribution >= 4 is 5.95 Å². The van der Waals surface area contributed by atoms with Crippen molar-refractivity contribution in [1.82, 2.24) is 14.9 Å². The number of hydrogen-bond donors (Lipinski definition) is 1. The van der Waals surface area contributed by atoms with Gasteiger partial charge in [-0.1, -0.05) is 0 Å². The smallest absolute Gasteiger partial charge is 0.225 e. The van der Waals surface area contributed by atoms with Gasteiger partial charge in [0.15, 0.2) is 0 Å². The molecule has 5 nitrogen and oxygen atoms in total.